The zero-order valence-electron chi connectivity index (χ0n) is 9.61. The van der Waals surface area contributed by atoms with Gasteiger partial charge in [0.15, 0.2) is 0 Å². The molecule has 0 aliphatic carbocycles. The zero-order chi connectivity index (χ0) is 11.6. The number of aryl methyl sites for hydroxylation is 1. The van der Waals surface area contributed by atoms with Crippen molar-refractivity contribution in [2.45, 2.75) is 19.4 Å². The number of carboxylic acids is 1. The summed E-state index contributed by atoms with van der Waals surface area (Å²) in [4.78, 5) is 13.1. The molecule has 1 rings (SSSR count). The van der Waals surface area contributed by atoms with Crippen molar-refractivity contribution in [1.82, 2.24) is 4.90 Å². The summed E-state index contributed by atoms with van der Waals surface area (Å²) in [7, 11) is 3.56. The Balaban J connectivity index is 3.34. The molecule has 0 radical (unpaired) electrons. The highest BCUT2D eigenvalue weighted by Gasteiger charge is 2.38. The molecule has 1 atom stereocenters. The average molecular weight is 207 g/mol. The van der Waals surface area contributed by atoms with Crippen LogP contribution in [0.5, 0.6) is 0 Å². The topological polar surface area (TPSA) is 40.5 Å². The minimum absolute atomic E-state index is 0.832. The monoisotopic (exact) mass is 207 g/mol. The number of hydrogen-bond donors (Lipinski definition) is 1. The molecule has 82 valence electrons. The van der Waals surface area contributed by atoms with Crippen LogP contribution in [0.1, 0.15) is 18.1 Å². The van der Waals surface area contributed by atoms with Gasteiger partial charge in [-0.3, -0.25) is 4.90 Å². The first-order chi connectivity index (χ1) is 6.90. The molecule has 0 unspecified atom stereocenters. The molecule has 0 bridgehead atoms. The van der Waals surface area contributed by atoms with E-state index in [4.69, 9.17) is 0 Å². The number of carboxylic acid groups (broad SMARTS) is 1. The molecule has 0 spiro atoms. The first-order valence-corrected chi connectivity index (χ1v) is 4.87. The van der Waals surface area contributed by atoms with Gasteiger partial charge in [-0.15, -0.1) is 0 Å². The van der Waals surface area contributed by atoms with Gasteiger partial charge in [-0.05, 0) is 39.1 Å². The first-order valence-electron chi connectivity index (χ1n) is 4.87. The van der Waals surface area contributed by atoms with Gasteiger partial charge in [0, 0.05) is 0 Å². The van der Waals surface area contributed by atoms with E-state index < -0.39 is 11.5 Å². The van der Waals surface area contributed by atoms with Gasteiger partial charge >= 0.3 is 5.97 Å². The summed E-state index contributed by atoms with van der Waals surface area (Å²) in [5.74, 6) is -0.832. The maximum absolute atomic E-state index is 11.4. The number of hydrogen-bond acceptors (Lipinski definition) is 2. The number of carbonyl (C=O) groups is 1. The number of benzene rings is 1. The van der Waals surface area contributed by atoms with Crippen LogP contribution in [-0.2, 0) is 10.3 Å². The molecule has 1 N–H and O–H groups in total. The third-order valence-corrected chi connectivity index (χ3v) is 2.98. The number of aliphatic carboxylic acids is 1. The highest BCUT2D eigenvalue weighted by Crippen LogP contribution is 2.28. The van der Waals surface area contributed by atoms with Crippen molar-refractivity contribution < 1.29 is 9.90 Å². The van der Waals surface area contributed by atoms with Crippen LogP contribution in [0, 0.1) is 6.92 Å². The molecule has 15 heavy (non-hydrogen) atoms. The van der Waals surface area contributed by atoms with Crippen molar-refractivity contribution in [3.8, 4) is 0 Å². The lowest BCUT2D eigenvalue weighted by Crippen LogP contribution is -2.46. The molecule has 0 aliphatic rings. The lowest BCUT2D eigenvalue weighted by atomic mass is 9.87. The fourth-order valence-electron chi connectivity index (χ4n) is 1.67. The summed E-state index contributed by atoms with van der Waals surface area (Å²) in [6, 6.07) is 7.58. The van der Waals surface area contributed by atoms with Crippen LogP contribution >= 0.6 is 0 Å². The number of rotatable bonds is 3. The third kappa shape index (κ3) is 1.88. The molecule has 0 aliphatic heterocycles. The SMILES string of the molecule is Cc1ccccc1[C@](C)(C(=O)O)N(C)C. The van der Waals surface area contributed by atoms with Crippen molar-refractivity contribution in [3.05, 3.63) is 35.4 Å². The molecule has 3 heteroatoms. The van der Waals surface area contributed by atoms with E-state index in [1.165, 1.54) is 0 Å². The van der Waals surface area contributed by atoms with Crippen LogP contribution in [0.2, 0.25) is 0 Å². The first kappa shape index (κ1) is 11.7. The van der Waals surface area contributed by atoms with Gasteiger partial charge in [-0.2, -0.15) is 0 Å². The second-order valence-corrected chi connectivity index (χ2v) is 4.09. The van der Waals surface area contributed by atoms with Gasteiger partial charge in [-0.1, -0.05) is 24.3 Å². The molecule has 0 saturated carbocycles. The van der Waals surface area contributed by atoms with E-state index >= 15 is 0 Å². The smallest absolute Gasteiger partial charge is 0.328 e. The standard InChI is InChI=1S/C12H17NO2/c1-9-7-5-6-8-10(9)12(2,11(14)15)13(3)4/h5-8H,1-4H3,(H,14,15)/t12-/m1/s1. The summed E-state index contributed by atoms with van der Waals surface area (Å²) in [5, 5.41) is 9.34. The molecule has 0 fully saturated rings. The van der Waals surface area contributed by atoms with Crippen LogP contribution in [-0.4, -0.2) is 30.1 Å². The Bertz CT molecular complexity index is 374. The largest absolute Gasteiger partial charge is 0.480 e. The number of likely N-dealkylation sites (N-methyl/N-ethyl adjacent to an activating group) is 1. The normalized spacial score (nSPS) is 15.0. The van der Waals surface area contributed by atoms with Gasteiger partial charge in [0.05, 0.1) is 0 Å². The van der Waals surface area contributed by atoms with Crippen molar-refractivity contribution in [2.75, 3.05) is 14.1 Å². The van der Waals surface area contributed by atoms with E-state index in [0.717, 1.165) is 11.1 Å². The lowest BCUT2D eigenvalue weighted by molar-refractivity contribution is -0.149. The van der Waals surface area contributed by atoms with Crippen LogP contribution in [0.15, 0.2) is 24.3 Å². The second-order valence-electron chi connectivity index (χ2n) is 4.09. The molecule has 0 aromatic heterocycles. The number of nitrogens with zero attached hydrogens (tertiary/aromatic N) is 1. The summed E-state index contributed by atoms with van der Waals surface area (Å²) in [6.45, 7) is 3.65. The van der Waals surface area contributed by atoms with Gasteiger partial charge in [0.25, 0.3) is 0 Å². The van der Waals surface area contributed by atoms with E-state index in [2.05, 4.69) is 0 Å². The molecule has 0 heterocycles. The van der Waals surface area contributed by atoms with Crippen LogP contribution < -0.4 is 0 Å². The minimum atomic E-state index is -0.967. The Hall–Kier alpha value is -1.35. The molecule has 0 amide bonds. The Morgan fingerprint density at radius 3 is 2.27 bits per heavy atom. The quantitative estimate of drug-likeness (QED) is 0.822. The summed E-state index contributed by atoms with van der Waals surface area (Å²) in [6.07, 6.45) is 0. The predicted octanol–water partition coefficient (Wildman–Crippen LogP) is 1.86. The summed E-state index contributed by atoms with van der Waals surface area (Å²) >= 11 is 0. The molecule has 3 nitrogen and oxygen atoms in total. The fourth-order valence-corrected chi connectivity index (χ4v) is 1.67. The molecular formula is C12H17NO2. The van der Waals surface area contributed by atoms with E-state index in [1.54, 1.807) is 25.9 Å². The van der Waals surface area contributed by atoms with Crippen molar-refractivity contribution in [3.63, 3.8) is 0 Å². The van der Waals surface area contributed by atoms with Gasteiger partial charge in [0.1, 0.15) is 5.54 Å². The maximum Gasteiger partial charge on any atom is 0.328 e. The third-order valence-electron chi connectivity index (χ3n) is 2.98. The van der Waals surface area contributed by atoms with E-state index in [-0.39, 0.29) is 0 Å². The van der Waals surface area contributed by atoms with Crippen LogP contribution in [0.25, 0.3) is 0 Å². The molecule has 1 aromatic rings. The molecular weight excluding hydrogens is 190 g/mol. The Morgan fingerprint density at radius 2 is 1.87 bits per heavy atom. The van der Waals surface area contributed by atoms with Gasteiger partial charge in [0.2, 0.25) is 0 Å². The summed E-state index contributed by atoms with van der Waals surface area (Å²) < 4.78 is 0. The van der Waals surface area contributed by atoms with Crippen molar-refractivity contribution in [2.24, 2.45) is 0 Å². The van der Waals surface area contributed by atoms with Gasteiger partial charge in [-0.25, -0.2) is 4.79 Å². The summed E-state index contributed by atoms with van der Waals surface area (Å²) in [5.41, 5.74) is 0.865. The zero-order valence-corrected chi connectivity index (χ0v) is 9.61. The van der Waals surface area contributed by atoms with E-state index in [1.807, 2.05) is 31.2 Å². The Labute approximate surface area is 90.3 Å². The molecule has 1 aromatic carbocycles. The van der Waals surface area contributed by atoms with Crippen molar-refractivity contribution in [1.29, 1.82) is 0 Å². The van der Waals surface area contributed by atoms with Crippen LogP contribution in [0.3, 0.4) is 0 Å². The second kappa shape index (κ2) is 4.03. The highest BCUT2D eigenvalue weighted by atomic mass is 16.4. The lowest BCUT2D eigenvalue weighted by Gasteiger charge is -2.33. The Morgan fingerprint density at radius 1 is 1.33 bits per heavy atom. The average Bonchev–Trinajstić information content (AvgIpc) is 2.16. The van der Waals surface area contributed by atoms with Gasteiger partial charge < -0.3 is 5.11 Å². The van der Waals surface area contributed by atoms with Crippen molar-refractivity contribution >= 4 is 5.97 Å². The van der Waals surface area contributed by atoms with Crippen LogP contribution in [0.4, 0.5) is 0 Å². The minimum Gasteiger partial charge on any atom is -0.480 e. The Kier molecular flexibility index (Phi) is 3.15. The van der Waals surface area contributed by atoms with E-state index in [0.29, 0.717) is 0 Å². The van der Waals surface area contributed by atoms with E-state index in [9.17, 15) is 9.90 Å². The molecule has 0 saturated heterocycles. The highest BCUT2D eigenvalue weighted by molar-refractivity contribution is 5.80. The maximum atomic E-state index is 11.4. The predicted molar refractivity (Wildman–Crippen MR) is 59.9 cm³/mol. The fraction of sp³-hybridized carbons (Fsp3) is 0.417.